The lowest BCUT2D eigenvalue weighted by Gasteiger charge is -2.34. The van der Waals surface area contributed by atoms with Crippen molar-refractivity contribution in [1.82, 2.24) is 20.2 Å². The van der Waals surface area contributed by atoms with Crippen LogP contribution in [-0.2, 0) is 0 Å². The highest BCUT2D eigenvalue weighted by Crippen LogP contribution is 2.42. The fraction of sp³-hybridized carbons (Fsp3) is 0.438. The van der Waals surface area contributed by atoms with Gasteiger partial charge < -0.3 is 20.7 Å². The molecule has 5 heterocycles. The molecular formula is C32H33F3N6O. The van der Waals surface area contributed by atoms with Crippen LogP contribution in [0, 0.1) is 11.6 Å². The van der Waals surface area contributed by atoms with Crippen LogP contribution in [0.4, 0.5) is 24.7 Å². The zero-order valence-electron chi connectivity index (χ0n) is 23.3. The SMILES string of the molecule is Nc1cc(-c2c(F)cc3c(N4CC5CCC(C4)N5)nc(OC[C@@]45CCCN4C[C@H](F)C5)nc3c2F)c2ccccc2c1. The highest BCUT2D eigenvalue weighted by molar-refractivity contribution is 6.02. The topological polar surface area (TPSA) is 79.5 Å². The van der Waals surface area contributed by atoms with Crippen molar-refractivity contribution in [2.75, 3.05) is 43.4 Å². The summed E-state index contributed by atoms with van der Waals surface area (Å²) in [5.74, 6) is -1.02. The van der Waals surface area contributed by atoms with E-state index < -0.39 is 23.3 Å². The third-order valence-electron chi connectivity index (χ3n) is 9.74. The third kappa shape index (κ3) is 4.18. The first-order valence-electron chi connectivity index (χ1n) is 14.9. The fourth-order valence-corrected chi connectivity index (χ4v) is 7.87. The molecule has 1 aromatic heterocycles. The van der Waals surface area contributed by atoms with Crippen molar-refractivity contribution in [3.63, 3.8) is 0 Å². The van der Waals surface area contributed by atoms with E-state index in [9.17, 15) is 4.39 Å². The molecule has 7 nitrogen and oxygen atoms in total. The molecule has 0 radical (unpaired) electrons. The Hall–Kier alpha value is -3.63. The first-order chi connectivity index (χ1) is 20.4. The number of fused-ring (bicyclic) bond motifs is 5. The standard InChI is InChI=1S/C32H33F3N6O/c33-19-13-32(8-3-9-41(32)14-19)17-42-31-38-29-25(30(39-31)40-15-21-6-7-22(16-40)37-21)12-26(34)27(28(29)35)24-11-20(36)10-18-4-1-2-5-23(18)24/h1-2,4-5,10-12,19,21-22,37H,3,6-9,13-17,36H2/t19-,21?,22?,32+/m1/s1. The van der Waals surface area contributed by atoms with Crippen LogP contribution in [0.25, 0.3) is 32.8 Å². The van der Waals surface area contributed by atoms with Gasteiger partial charge in [0.05, 0.1) is 11.1 Å². The monoisotopic (exact) mass is 574 g/mol. The Morgan fingerprint density at radius 2 is 1.83 bits per heavy atom. The molecular weight excluding hydrogens is 541 g/mol. The van der Waals surface area contributed by atoms with E-state index in [0.717, 1.165) is 37.6 Å². The molecule has 4 aliphatic rings. The van der Waals surface area contributed by atoms with Crippen molar-refractivity contribution in [2.45, 2.75) is 55.9 Å². The van der Waals surface area contributed by atoms with Gasteiger partial charge in [0.15, 0.2) is 5.82 Å². The molecule has 0 amide bonds. The number of ether oxygens (including phenoxy) is 1. The minimum absolute atomic E-state index is 0.000599. The maximum Gasteiger partial charge on any atom is 0.319 e. The van der Waals surface area contributed by atoms with E-state index >= 15 is 8.78 Å². The number of nitrogens with zero attached hydrogens (tertiary/aromatic N) is 4. The van der Waals surface area contributed by atoms with E-state index in [-0.39, 0.29) is 35.8 Å². The van der Waals surface area contributed by atoms with Gasteiger partial charge in [-0.1, -0.05) is 24.3 Å². The van der Waals surface area contributed by atoms with Gasteiger partial charge in [-0.25, -0.2) is 13.2 Å². The quantitative estimate of drug-likeness (QED) is 0.317. The molecule has 2 unspecified atom stereocenters. The summed E-state index contributed by atoms with van der Waals surface area (Å²) in [6.07, 6.45) is 3.42. The number of benzene rings is 3. The predicted molar refractivity (Wildman–Crippen MR) is 158 cm³/mol. The maximum atomic E-state index is 16.7. The summed E-state index contributed by atoms with van der Waals surface area (Å²) >= 11 is 0. The van der Waals surface area contributed by atoms with Gasteiger partial charge in [0, 0.05) is 49.2 Å². The number of nitrogen functional groups attached to an aromatic ring is 1. The molecule has 0 saturated carbocycles. The molecule has 4 aliphatic heterocycles. The van der Waals surface area contributed by atoms with E-state index in [1.807, 2.05) is 24.3 Å². The van der Waals surface area contributed by atoms with Crippen LogP contribution < -0.4 is 20.7 Å². The Bertz CT molecular complexity index is 1710. The molecule has 4 saturated heterocycles. The van der Waals surface area contributed by atoms with E-state index in [0.29, 0.717) is 53.9 Å². The summed E-state index contributed by atoms with van der Waals surface area (Å²) in [4.78, 5) is 13.6. The van der Waals surface area contributed by atoms with Crippen molar-refractivity contribution < 1.29 is 17.9 Å². The van der Waals surface area contributed by atoms with E-state index in [1.165, 1.54) is 6.07 Å². The molecule has 0 spiro atoms. The van der Waals surface area contributed by atoms with Crippen molar-refractivity contribution in [3.05, 3.63) is 54.1 Å². The number of aromatic nitrogens is 2. The minimum Gasteiger partial charge on any atom is -0.461 e. The summed E-state index contributed by atoms with van der Waals surface area (Å²) in [6, 6.07) is 12.7. The molecule has 3 aromatic carbocycles. The second kappa shape index (κ2) is 9.70. The van der Waals surface area contributed by atoms with Gasteiger partial charge in [-0.15, -0.1) is 0 Å². The summed E-state index contributed by atoms with van der Waals surface area (Å²) in [5, 5.41) is 5.39. The Kier molecular flexibility index (Phi) is 6.01. The van der Waals surface area contributed by atoms with Gasteiger partial charge in [0.1, 0.15) is 29.9 Å². The van der Waals surface area contributed by atoms with Gasteiger partial charge in [0.2, 0.25) is 0 Å². The number of hydrogen-bond acceptors (Lipinski definition) is 7. The number of halogens is 3. The number of nitrogens with two attached hydrogens (primary N) is 1. The lowest BCUT2D eigenvalue weighted by molar-refractivity contribution is 0.107. The highest BCUT2D eigenvalue weighted by atomic mass is 19.1. The van der Waals surface area contributed by atoms with Gasteiger partial charge in [-0.2, -0.15) is 9.97 Å². The Morgan fingerprint density at radius 3 is 2.67 bits per heavy atom. The van der Waals surface area contributed by atoms with E-state index in [1.54, 1.807) is 12.1 Å². The molecule has 2 bridgehead atoms. The van der Waals surface area contributed by atoms with Crippen molar-refractivity contribution >= 4 is 33.2 Å². The molecule has 42 heavy (non-hydrogen) atoms. The van der Waals surface area contributed by atoms with Crippen molar-refractivity contribution in [2.24, 2.45) is 0 Å². The van der Waals surface area contributed by atoms with Crippen LogP contribution in [0.15, 0.2) is 42.5 Å². The van der Waals surface area contributed by atoms with E-state index in [4.69, 9.17) is 15.5 Å². The van der Waals surface area contributed by atoms with Crippen LogP contribution in [0.3, 0.4) is 0 Å². The van der Waals surface area contributed by atoms with E-state index in [2.05, 4.69) is 20.1 Å². The summed E-state index contributed by atoms with van der Waals surface area (Å²) < 4.78 is 53.3. The summed E-state index contributed by atoms with van der Waals surface area (Å²) in [5.41, 5.74) is 6.36. The number of piperazine rings is 1. The number of nitrogens with one attached hydrogen (secondary N) is 1. The summed E-state index contributed by atoms with van der Waals surface area (Å²) in [7, 11) is 0. The smallest absolute Gasteiger partial charge is 0.319 e. The molecule has 3 N–H and O–H groups in total. The first kappa shape index (κ1) is 26.0. The number of hydrogen-bond donors (Lipinski definition) is 2. The zero-order chi connectivity index (χ0) is 28.6. The average Bonchev–Trinajstić information content (AvgIpc) is 3.62. The van der Waals surface area contributed by atoms with Crippen molar-refractivity contribution in [3.8, 4) is 17.1 Å². The predicted octanol–water partition coefficient (Wildman–Crippen LogP) is 5.21. The van der Waals surface area contributed by atoms with Gasteiger partial charge in [0.25, 0.3) is 0 Å². The third-order valence-corrected chi connectivity index (χ3v) is 9.74. The molecule has 4 atom stereocenters. The second-order valence-corrected chi connectivity index (χ2v) is 12.5. The van der Waals surface area contributed by atoms with Crippen LogP contribution in [0.5, 0.6) is 6.01 Å². The Balaban J connectivity index is 1.27. The summed E-state index contributed by atoms with van der Waals surface area (Å²) in [6.45, 7) is 2.81. The van der Waals surface area contributed by atoms with Gasteiger partial charge in [-0.3, -0.25) is 4.90 Å². The molecule has 4 fully saturated rings. The lowest BCUT2D eigenvalue weighted by atomic mass is 9.95. The lowest BCUT2D eigenvalue weighted by Crippen LogP contribution is -2.51. The molecule has 4 aromatic rings. The van der Waals surface area contributed by atoms with Crippen LogP contribution in [0.1, 0.15) is 32.1 Å². The molecule has 10 heteroatoms. The number of rotatable bonds is 5. The molecule has 8 rings (SSSR count). The molecule has 0 aliphatic carbocycles. The Morgan fingerprint density at radius 1 is 1.02 bits per heavy atom. The van der Waals surface area contributed by atoms with Gasteiger partial charge >= 0.3 is 6.01 Å². The minimum atomic E-state index is -0.894. The fourth-order valence-electron chi connectivity index (χ4n) is 7.87. The van der Waals surface area contributed by atoms with Crippen LogP contribution in [-0.4, -0.2) is 71.4 Å². The van der Waals surface area contributed by atoms with Crippen LogP contribution in [0.2, 0.25) is 0 Å². The first-order valence-corrected chi connectivity index (χ1v) is 14.9. The number of anilines is 2. The Labute approximate surface area is 241 Å². The normalized spacial score (nSPS) is 27.3. The average molecular weight is 575 g/mol. The largest absolute Gasteiger partial charge is 0.461 e. The maximum absolute atomic E-state index is 16.7. The van der Waals surface area contributed by atoms with Crippen LogP contribution >= 0.6 is 0 Å². The molecule has 218 valence electrons. The zero-order valence-corrected chi connectivity index (χ0v) is 23.3. The highest BCUT2D eigenvalue weighted by Gasteiger charge is 2.49. The van der Waals surface area contributed by atoms with Gasteiger partial charge in [-0.05, 0) is 66.8 Å². The van der Waals surface area contributed by atoms with Crippen molar-refractivity contribution in [1.29, 1.82) is 0 Å². The number of alkyl halides is 1. The second-order valence-electron chi connectivity index (χ2n) is 12.5.